The Morgan fingerprint density at radius 1 is 0.542 bits per heavy atom. The van der Waals surface area contributed by atoms with Gasteiger partial charge in [0.05, 0.1) is 6.61 Å². The molecule has 0 bridgehead atoms. The Bertz CT molecular complexity index is 184. The molecule has 0 saturated heterocycles. The maximum absolute atomic E-state index is 5.40. The molecule has 1 radical (unpaired) electrons. The van der Waals surface area contributed by atoms with E-state index in [1.54, 1.807) is 6.61 Å². The Morgan fingerprint density at radius 2 is 0.958 bits per heavy atom. The van der Waals surface area contributed by atoms with E-state index in [0.717, 1.165) is 13.2 Å². The summed E-state index contributed by atoms with van der Waals surface area (Å²) in [6, 6.07) is 0. The van der Waals surface area contributed by atoms with Crippen LogP contribution in [0.5, 0.6) is 0 Å². The van der Waals surface area contributed by atoms with Gasteiger partial charge in [-0.3, -0.25) is 0 Å². The molecule has 0 saturated carbocycles. The zero-order valence-corrected chi connectivity index (χ0v) is 16.8. The summed E-state index contributed by atoms with van der Waals surface area (Å²) in [6.07, 6.45) is 22.6. The molecule has 0 aromatic rings. The fourth-order valence-electron chi connectivity index (χ4n) is 3.03. The standard InChI is InChI=1S/C22H45O2/c1-3-5-6-7-8-9-10-11-12-13-14-15-16-17-18-19-20-24-22-21-23-4-2/h22H,3-21H2,1-2H3. The monoisotopic (exact) mass is 341 g/mol. The van der Waals surface area contributed by atoms with Crippen molar-refractivity contribution in [2.45, 2.75) is 117 Å². The van der Waals surface area contributed by atoms with E-state index in [1.165, 1.54) is 103 Å². The zero-order chi connectivity index (χ0) is 17.6. The Labute approximate surface area is 153 Å². The lowest BCUT2D eigenvalue weighted by atomic mass is 10.0. The van der Waals surface area contributed by atoms with E-state index in [9.17, 15) is 0 Å². The van der Waals surface area contributed by atoms with Gasteiger partial charge in [-0.25, -0.2) is 0 Å². The predicted molar refractivity (Wildman–Crippen MR) is 106 cm³/mol. The lowest BCUT2D eigenvalue weighted by Gasteiger charge is -2.04. The molecular weight excluding hydrogens is 296 g/mol. The van der Waals surface area contributed by atoms with E-state index >= 15 is 0 Å². The molecule has 0 amide bonds. The van der Waals surface area contributed by atoms with Gasteiger partial charge in [-0.15, -0.1) is 0 Å². The minimum atomic E-state index is 0.620. The first kappa shape index (κ1) is 23.9. The lowest BCUT2D eigenvalue weighted by Crippen LogP contribution is -1.99. The first-order valence-electron chi connectivity index (χ1n) is 10.9. The molecule has 0 N–H and O–H groups in total. The van der Waals surface area contributed by atoms with E-state index in [2.05, 4.69) is 6.92 Å². The summed E-state index contributed by atoms with van der Waals surface area (Å²) >= 11 is 0. The summed E-state index contributed by atoms with van der Waals surface area (Å²) < 4.78 is 10.6. The molecule has 0 heterocycles. The van der Waals surface area contributed by atoms with Crippen LogP contribution in [0.2, 0.25) is 0 Å². The maximum Gasteiger partial charge on any atom is 0.109 e. The minimum absolute atomic E-state index is 0.620. The fraction of sp³-hybridized carbons (Fsp3) is 0.955. The SMILES string of the molecule is CCCCCCCCCCCCCCCCCCO[CH]COCC. The van der Waals surface area contributed by atoms with Crippen LogP contribution in [0.1, 0.15) is 117 Å². The molecule has 0 aliphatic heterocycles. The number of ether oxygens (including phenoxy) is 2. The number of rotatable bonds is 21. The van der Waals surface area contributed by atoms with Crippen LogP contribution < -0.4 is 0 Å². The highest BCUT2D eigenvalue weighted by Gasteiger charge is 1.95. The highest BCUT2D eigenvalue weighted by molar-refractivity contribution is 4.51. The molecule has 2 heteroatoms. The Kier molecular flexibility index (Phi) is 22.8. The van der Waals surface area contributed by atoms with Crippen LogP contribution in [0, 0.1) is 6.61 Å². The summed E-state index contributed by atoms with van der Waals surface area (Å²) in [6.45, 7) is 8.32. The van der Waals surface area contributed by atoms with Gasteiger partial charge in [0.15, 0.2) is 0 Å². The van der Waals surface area contributed by atoms with Crippen LogP contribution >= 0.6 is 0 Å². The molecule has 24 heavy (non-hydrogen) atoms. The molecule has 0 aliphatic rings. The summed E-state index contributed by atoms with van der Waals surface area (Å²) in [4.78, 5) is 0. The molecule has 0 unspecified atom stereocenters. The summed E-state index contributed by atoms with van der Waals surface area (Å²) in [5, 5.41) is 0. The Hall–Kier alpha value is -0.0800. The smallest absolute Gasteiger partial charge is 0.109 e. The minimum Gasteiger partial charge on any atom is -0.379 e. The Morgan fingerprint density at radius 3 is 1.38 bits per heavy atom. The second kappa shape index (κ2) is 22.9. The quantitative estimate of drug-likeness (QED) is 0.202. The van der Waals surface area contributed by atoms with Crippen molar-refractivity contribution in [2.75, 3.05) is 19.8 Å². The predicted octanol–water partition coefficient (Wildman–Crippen LogP) is 7.46. The first-order valence-corrected chi connectivity index (χ1v) is 10.9. The van der Waals surface area contributed by atoms with Gasteiger partial charge in [0.2, 0.25) is 0 Å². The van der Waals surface area contributed by atoms with E-state index in [-0.39, 0.29) is 0 Å². The molecule has 0 aromatic heterocycles. The van der Waals surface area contributed by atoms with E-state index in [4.69, 9.17) is 9.47 Å². The summed E-state index contributed by atoms with van der Waals surface area (Å²) in [5.74, 6) is 0. The van der Waals surface area contributed by atoms with Gasteiger partial charge >= 0.3 is 0 Å². The second-order valence-electron chi connectivity index (χ2n) is 7.00. The molecule has 2 nitrogen and oxygen atoms in total. The highest BCUT2D eigenvalue weighted by Crippen LogP contribution is 2.13. The van der Waals surface area contributed by atoms with Gasteiger partial charge in [-0.1, -0.05) is 103 Å². The van der Waals surface area contributed by atoms with Gasteiger partial charge in [0.1, 0.15) is 6.61 Å². The number of hydrogen-bond acceptors (Lipinski definition) is 2. The van der Waals surface area contributed by atoms with Crippen LogP contribution in [0.3, 0.4) is 0 Å². The first-order chi connectivity index (χ1) is 11.9. The third kappa shape index (κ3) is 21.9. The zero-order valence-electron chi connectivity index (χ0n) is 16.8. The third-order valence-corrected chi connectivity index (χ3v) is 4.62. The van der Waals surface area contributed by atoms with Crippen LogP contribution in [0.25, 0.3) is 0 Å². The largest absolute Gasteiger partial charge is 0.379 e. The van der Waals surface area contributed by atoms with Gasteiger partial charge in [0, 0.05) is 13.2 Å². The average molecular weight is 342 g/mol. The topological polar surface area (TPSA) is 18.5 Å². The molecule has 0 spiro atoms. The second-order valence-corrected chi connectivity index (χ2v) is 7.00. The van der Waals surface area contributed by atoms with Crippen LogP contribution in [0.15, 0.2) is 0 Å². The van der Waals surface area contributed by atoms with Crippen molar-refractivity contribution < 1.29 is 9.47 Å². The molecule has 0 atom stereocenters. The van der Waals surface area contributed by atoms with Crippen LogP contribution in [0.4, 0.5) is 0 Å². The van der Waals surface area contributed by atoms with Gasteiger partial charge < -0.3 is 9.47 Å². The van der Waals surface area contributed by atoms with Gasteiger partial charge in [-0.2, -0.15) is 0 Å². The molecule has 0 aromatic carbocycles. The van der Waals surface area contributed by atoms with E-state index < -0.39 is 0 Å². The normalized spacial score (nSPS) is 11.2. The van der Waals surface area contributed by atoms with Crippen molar-refractivity contribution in [3.8, 4) is 0 Å². The maximum atomic E-state index is 5.40. The van der Waals surface area contributed by atoms with Crippen molar-refractivity contribution in [1.29, 1.82) is 0 Å². The van der Waals surface area contributed by atoms with Gasteiger partial charge in [0.25, 0.3) is 0 Å². The fourth-order valence-corrected chi connectivity index (χ4v) is 3.03. The highest BCUT2D eigenvalue weighted by atomic mass is 16.5. The van der Waals surface area contributed by atoms with Crippen molar-refractivity contribution in [1.82, 2.24) is 0 Å². The number of unbranched alkanes of at least 4 members (excludes halogenated alkanes) is 15. The Balaban J connectivity index is 2.93. The van der Waals surface area contributed by atoms with Crippen molar-refractivity contribution in [3.05, 3.63) is 6.61 Å². The number of hydrogen-bond donors (Lipinski definition) is 0. The van der Waals surface area contributed by atoms with Crippen LogP contribution in [-0.2, 0) is 9.47 Å². The van der Waals surface area contributed by atoms with Crippen molar-refractivity contribution in [2.24, 2.45) is 0 Å². The molecule has 0 aliphatic carbocycles. The molecule has 0 rings (SSSR count). The lowest BCUT2D eigenvalue weighted by molar-refractivity contribution is 0.0958. The third-order valence-electron chi connectivity index (χ3n) is 4.62. The molecular formula is C22H45O2. The van der Waals surface area contributed by atoms with E-state index in [0.29, 0.717) is 6.61 Å². The summed E-state index contributed by atoms with van der Waals surface area (Å²) in [7, 11) is 0. The van der Waals surface area contributed by atoms with Crippen molar-refractivity contribution >= 4 is 0 Å². The van der Waals surface area contributed by atoms with Crippen LogP contribution in [-0.4, -0.2) is 19.8 Å². The molecule has 145 valence electrons. The summed E-state index contributed by atoms with van der Waals surface area (Å²) in [5.41, 5.74) is 0. The van der Waals surface area contributed by atoms with E-state index in [1.807, 2.05) is 6.92 Å². The van der Waals surface area contributed by atoms with Crippen molar-refractivity contribution in [3.63, 3.8) is 0 Å². The molecule has 0 fully saturated rings. The van der Waals surface area contributed by atoms with Gasteiger partial charge in [-0.05, 0) is 13.3 Å². The average Bonchev–Trinajstić information content (AvgIpc) is 2.60.